The molecule has 1 aromatic heterocycles. The Kier molecular flexibility index (Phi) is 8.34. The average Bonchev–Trinajstić information content (AvgIpc) is 3.21. The SMILES string of the molecule is CCOC(=O)c1cc(-c2ccccc2)sc1NC(=O)CNCCc1ccc(S(N)(=O)=O)cc1. The van der Waals surface area contributed by atoms with E-state index in [-0.39, 0.29) is 24.0 Å². The van der Waals surface area contributed by atoms with E-state index in [1.165, 1.54) is 23.5 Å². The monoisotopic (exact) mass is 487 g/mol. The molecule has 174 valence electrons. The summed E-state index contributed by atoms with van der Waals surface area (Å²) in [6.45, 7) is 2.53. The van der Waals surface area contributed by atoms with E-state index in [0.717, 1.165) is 16.0 Å². The normalized spacial score (nSPS) is 11.2. The molecule has 2 aromatic carbocycles. The van der Waals surface area contributed by atoms with Gasteiger partial charge in [-0.3, -0.25) is 4.79 Å². The van der Waals surface area contributed by atoms with Gasteiger partial charge in [-0.25, -0.2) is 18.4 Å². The highest BCUT2D eigenvalue weighted by molar-refractivity contribution is 7.89. The van der Waals surface area contributed by atoms with Crippen molar-refractivity contribution in [3.8, 4) is 10.4 Å². The molecule has 0 atom stereocenters. The molecule has 0 spiro atoms. The van der Waals surface area contributed by atoms with Gasteiger partial charge in [-0.2, -0.15) is 0 Å². The smallest absolute Gasteiger partial charge is 0.341 e. The maximum Gasteiger partial charge on any atom is 0.341 e. The maximum absolute atomic E-state index is 12.5. The molecule has 0 saturated carbocycles. The quantitative estimate of drug-likeness (QED) is 0.298. The molecule has 1 amide bonds. The molecule has 0 aliphatic carbocycles. The molecular weight excluding hydrogens is 462 g/mol. The van der Waals surface area contributed by atoms with E-state index in [1.807, 2.05) is 30.3 Å². The predicted octanol–water partition coefficient (Wildman–Crippen LogP) is 3.01. The van der Waals surface area contributed by atoms with Crippen molar-refractivity contribution in [2.24, 2.45) is 5.14 Å². The summed E-state index contributed by atoms with van der Waals surface area (Å²) in [6, 6.07) is 17.6. The first kappa shape index (κ1) is 24.6. The van der Waals surface area contributed by atoms with Gasteiger partial charge in [0, 0.05) is 4.88 Å². The molecule has 3 rings (SSSR count). The number of carbonyl (C=O) groups is 2. The molecule has 0 aliphatic heterocycles. The second-order valence-corrected chi connectivity index (χ2v) is 9.72. The summed E-state index contributed by atoms with van der Waals surface area (Å²) < 4.78 is 27.7. The molecular formula is C23H25N3O5S2. The molecule has 8 nitrogen and oxygen atoms in total. The average molecular weight is 488 g/mol. The van der Waals surface area contributed by atoms with E-state index in [1.54, 1.807) is 25.1 Å². The van der Waals surface area contributed by atoms with Crippen LogP contribution in [0.5, 0.6) is 0 Å². The van der Waals surface area contributed by atoms with Crippen molar-refractivity contribution in [3.63, 3.8) is 0 Å². The lowest BCUT2D eigenvalue weighted by atomic mass is 10.1. The Hall–Kier alpha value is -3.05. The minimum absolute atomic E-state index is 0.0517. The van der Waals surface area contributed by atoms with Crippen LogP contribution in [-0.2, 0) is 26.0 Å². The highest BCUT2D eigenvalue weighted by atomic mass is 32.2. The molecule has 10 heteroatoms. The summed E-state index contributed by atoms with van der Waals surface area (Å²) in [7, 11) is -3.72. The molecule has 33 heavy (non-hydrogen) atoms. The van der Waals surface area contributed by atoms with Crippen molar-refractivity contribution >= 4 is 38.2 Å². The fraction of sp³-hybridized carbons (Fsp3) is 0.217. The van der Waals surface area contributed by atoms with Gasteiger partial charge in [0.2, 0.25) is 15.9 Å². The zero-order chi connectivity index (χ0) is 23.8. The van der Waals surface area contributed by atoms with Crippen LogP contribution in [-0.4, -0.2) is 40.0 Å². The zero-order valence-electron chi connectivity index (χ0n) is 18.0. The second-order valence-electron chi connectivity index (χ2n) is 7.10. The number of esters is 1. The van der Waals surface area contributed by atoms with E-state index in [4.69, 9.17) is 9.88 Å². The topological polar surface area (TPSA) is 128 Å². The number of hydrogen-bond donors (Lipinski definition) is 3. The van der Waals surface area contributed by atoms with Crippen molar-refractivity contribution in [2.75, 3.05) is 25.0 Å². The Labute approximate surface area is 196 Å². The summed E-state index contributed by atoms with van der Waals surface area (Å²) in [5.41, 5.74) is 2.18. The van der Waals surface area contributed by atoms with Crippen molar-refractivity contribution in [1.82, 2.24) is 5.32 Å². The van der Waals surface area contributed by atoms with Gasteiger partial charge in [0.25, 0.3) is 0 Å². The summed E-state index contributed by atoms with van der Waals surface area (Å²) in [6.07, 6.45) is 0.601. The number of rotatable bonds is 10. The highest BCUT2D eigenvalue weighted by Gasteiger charge is 2.19. The summed E-state index contributed by atoms with van der Waals surface area (Å²) in [5, 5.41) is 11.4. The van der Waals surface area contributed by atoms with Gasteiger partial charge in [-0.05, 0) is 49.2 Å². The molecule has 3 aromatic rings. The van der Waals surface area contributed by atoms with Crippen LogP contribution >= 0.6 is 11.3 Å². The van der Waals surface area contributed by atoms with E-state index >= 15 is 0 Å². The number of anilines is 1. The summed E-state index contributed by atoms with van der Waals surface area (Å²) >= 11 is 1.31. The molecule has 0 radical (unpaired) electrons. The van der Waals surface area contributed by atoms with Crippen LogP contribution in [0.15, 0.2) is 65.6 Å². The third-order valence-corrected chi connectivity index (χ3v) is 6.70. The molecule has 0 fully saturated rings. The summed E-state index contributed by atoms with van der Waals surface area (Å²) in [5.74, 6) is -0.770. The van der Waals surface area contributed by atoms with E-state index in [0.29, 0.717) is 23.5 Å². The lowest BCUT2D eigenvalue weighted by Crippen LogP contribution is -2.29. The van der Waals surface area contributed by atoms with Gasteiger partial charge in [0.05, 0.1) is 23.6 Å². The first-order chi connectivity index (χ1) is 15.8. The number of nitrogens with two attached hydrogens (primary N) is 1. The molecule has 0 saturated heterocycles. The van der Waals surface area contributed by atoms with Gasteiger partial charge >= 0.3 is 5.97 Å². The van der Waals surface area contributed by atoms with E-state index in [2.05, 4.69) is 10.6 Å². The summed E-state index contributed by atoms with van der Waals surface area (Å²) in [4.78, 5) is 25.7. The van der Waals surface area contributed by atoms with Crippen molar-refractivity contribution in [2.45, 2.75) is 18.2 Å². The zero-order valence-corrected chi connectivity index (χ0v) is 19.7. The van der Waals surface area contributed by atoms with Crippen LogP contribution in [0.25, 0.3) is 10.4 Å². The second kappa shape index (κ2) is 11.2. The van der Waals surface area contributed by atoms with Gasteiger partial charge in [0.1, 0.15) is 5.00 Å². The fourth-order valence-electron chi connectivity index (χ4n) is 3.04. The van der Waals surface area contributed by atoms with Gasteiger partial charge in [-0.15, -0.1) is 11.3 Å². The Bertz CT molecular complexity index is 1210. The standard InChI is InChI=1S/C23H25N3O5S2/c1-2-31-23(28)19-14-20(17-6-4-3-5-7-17)32-22(19)26-21(27)15-25-13-12-16-8-10-18(11-9-16)33(24,29)30/h3-11,14,25H,2,12-13,15H2,1H3,(H,26,27)(H2,24,29,30). The fourth-order valence-corrected chi connectivity index (χ4v) is 4.62. The minimum Gasteiger partial charge on any atom is -0.462 e. The number of carbonyl (C=O) groups excluding carboxylic acids is 2. The molecule has 0 unspecified atom stereocenters. The van der Waals surface area contributed by atoms with E-state index < -0.39 is 16.0 Å². The first-order valence-electron chi connectivity index (χ1n) is 10.3. The minimum atomic E-state index is -3.72. The number of primary sulfonamides is 1. The highest BCUT2D eigenvalue weighted by Crippen LogP contribution is 2.35. The van der Waals surface area contributed by atoms with E-state index in [9.17, 15) is 18.0 Å². The maximum atomic E-state index is 12.5. The molecule has 1 heterocycles. The number of hydrogen-bond acceptors (Lipinski definition) is 7. The van der Waals surface area contributed by atoms with Crippen molar-refractivity contribution in [3.05, 3.63) is 71.8 Å². The van der Waals surface area contributed by atoms with Crippen LogP contribution in [0.4, 0.5) is 5.00 Å². The Morgan fingerprint density at radius 1 is 1.06 bits per heavy atom. The predicted molar refractivity (Wildman–Crippen MR) is 129 cm³/mol. The van der Waals surface area contributed by atoms with Gasteiger partial charge in [0.15, 0.2) is 0 Å². The largest absolute Gasteiger partial charge is 0.462 e. The number of nitrogens with one attached hydrogen (secondary N) is 2. The van der Waals surface area contributed by atoms with Crippen LogP contribution in [0.3, 0.4) is 0 Å². The first-order valence-corrected chi connectivity index (χ1v) is 12.6. The van der Waals surface area contributed by atoms with Crippen LogP contribution in [0, 0.1) is 0 Å². The van der Waals surface area contributed by atoms with Crippen LogP contribution in [0.2, 0.25) is 0 Å². The third kappa shape index (κ3) is 6.96. The lowest BCUT2D eigenvalue weighted by Gasteiger charge is -2.08. The molecule has 0 aliphatic rings. The molecule has 0 bridgehead atoms. The number of benzene rings is 2. The third-order valence-electron chi connectivity index (χ3n) is 4.67. The van der Waals surface area contributed by atoms with Crippen LogP contribution in [0.1, 0.15) is 22.8 Å². The molecule has 4 N–H and O–H groups in total. The number of amides is 1. The number of sulfonamides is 1. The Balaban J connectivity index is 1.58. The van der Waals surface area contributed by atoms with Crippen LogP contribution < -0.4 is 15.8 Å². The van der Waals surface area contributed by atoms with Gasteiger partial charge in [-0.1, -0.05) is 42.5 Å². The number of thiophene rings is 1. The van der Waals surface area contributed by atoms with Gasteiger partial charge < -0.3 is 15.4 Å². The number of ether oxygens (including phenoxy) is 1. The van der Waals surface area contributed by atoms with Crippen molar-refractivity contribution in [1.29, 1.82) is 0 Å². The Morgan fingerprint density at radius 3 is 2.39 bits per heavy atom. The lowest BCUT2D eigenvalue weighted by molar-refractivity contribution is -0.115. The Morgan fingerprint density at radius 2 is 1.76 bits per heavy atom. The van der Waals surface area contributed by atoms with Crippen molar-refractivity contribution < 1.29 is 22.7 Å².